The van der Waals surface area contributed by atoms with Crippen LogP contribution in [-0.2, 0) is 4.74 Å². The number of ether oxygens (including phenoxy) is 1. The largest absolute Gasteiger partial charge is 0.394 e. The second-order valence-electron chi connectivity index (χ2n) is 4.03. The van der Waals surface area contributed by atoms with Crippen LogP contribution < -0.4 is 5.73 Å². The van der Waals surface area contributed by atoms with Crippen molar-refractivity contribution < 1.29 is 9.84 Å². The Morgan fingerprint density at radius 1 is 1.69 bits per heavy atom. The zero-order valence-electron chi connectivity index (χ0n) is 8.32. The lowest BCUT2D eigenvalue weighted by Gasteiger charge is -2.23. The Morgan fingerprint density at radius 2 is 2.38 bits per heavy atom. The molecule has 78 valence electrons. The molecule has 0 radical (unpaired) electrons. The van der Waals surface area contributed by atoms with E-state index in [0.717, 1.165) is 18.8 Å². The molecule has 3 atom stereocenters. The standard InChI is InChI=1S/C9H19NO2S/c1-7-8(3-4-12-7)13-6-9(2,10)5-11/h7-8,11H,3-6,10H2,1-2H3. The normalized spacial score (nSPS) is 33.2. The van der Waals surface area contributed by atoms with Gasteiger partial charge < -0.3 is 15.6 Å². The van der Waals surface area contributed by atoms with Crippen LogP contribution in [0.15, 0.2) is 0 Å². The van der Waals surface area contributed by atoms with Crippen LogP contribution in [0.2, 0.25) is 0 Å². The number of hydrogen-bond donors (Lipinski definition) is 2. The summed E-state index contributed by atoms with van der Waals surface area (Å²) in [5, 5.41) is 9.51. The third kappa shape index (κ3) is 3.46. The molecule has 3 nitrogen and oxygen atoms in total. The van der Waals surface area contributed by atoms with Gasteiger partial charge in [0.1, 0.15) is 0 Å². The number of nitrogens with two attached hydrogens (primary N) is 1. The smallest absolute Gasteiger partial charge is 0.0666 e. The molecule has 0 aromatic rings. The van der Waals surface area contributed by atoms with Gasteiger partial charge in [0.25, 0.3) is 0 Å². The molecule has 1 heterocycles. The van der Waals surface area contributed by atoms with E-state index >= 15 is 0 Å². The zero-order valence-corrected chi connectivity index (χ0v) is 9.14. The van der Waals surface area contributed by atoms with Crippen LogP contribution in [0.3, 0.4) is 0 Å². The molecule has 3 unspecified atom stereocenters. The van der Waals surface area contributed by atoms with E-state index in [1.165, 1.54) is 0 Å². The van der Waals surface area contributed by atoms with E-state index < -0.39 is 5.54 Å². The summed E-state index contributed by atoms with van der Waals surface area (Å²) in [6.45, 7) is 4.87. The fourth-order valence-electron chi connectivity index (χ4n) is 1.27. The molecule has 1 aliphatic heterocycles. The van der Waals surface area contributed by atoms with E-state index in [2.05, 4.69) is 6.92 Å². The molecule has 0 saturated carbocycles. The van der Waals surface area contributed by atoms with Crippen LogP contribution in [0.25, 0.3) is 0 Å². The molecule has 3 N–H and O–H groups in total. The van der Waals surface area contributed by atoms with Gasteiger partial charge in [0, 0.05) is 23.1 Å². The number of hydrogen-bond acceptors (Lipinski definition) is 4. The minimum absolute atomic E-state index is 0.0436. The van der Waals surface area contributed by atoms with Gasteiger partial charge in [-0.2, -0.15) is 11.8 Å². The summed E-state index contributed by atoms with van der Waals surface area (Å²) in [6, 6.07) is 0. The topological polar surface area (TPSA) is 55.5 Å². The van der Waals surface area contributed by atoms with Crippen LogP contribution in [0, 0.1) is 0 Å². The Bertz CT molecular complexity index is 164. The Hall–Kier alpha value is 0.230. The first-order valence-corrected chi connectivity index (χ1v) is 5.73. The highest BCUT2D eigenvalue weighted by Crippen LogP contribution is 2.27. The summed E-state index contributed by atoms with van der Waals surface area (Å²) in [6.07, 6.45) is 1.44. The van der Waals surface area contributed by atoms with Crippen molar-refractivity contribution in [2.45, 2.75) is 37.2 Å². The maximum atomic E-state index is 8.96. The minimum Gasteiger partial charge on any atom is -0.394 e. The second-order valence-corrected chi connectivity index (χ2v) is 5.25. The molecule has 0 aromatic heterocycles. The van der Waals surface area contributed by atoms with E-state index in [9.17, 15) is 0 Å². The Balaban J connectivity index is 2.25. The molecule has 0 aromatic carbocycles. The second kappa shape index (κ2) is 4.64. The molecular formula is C9H19NO2S. The number of aliphatic hydroxyl groups is 1. The van der Waals surface area contributed by atoms with Crippen LogP contribution in [-0.4, -0.2) is 41.0 Å². The SMILES string of the molecule is CC1OCCC1SCC(C)(N)CO. The monoisotopic (exact) mass is 205 g/mol. The maximum absolute atomic E-state index is 8.96. The van der Waals surface area contributed by atoms with Crippen molar-refractivity contribution in [1.82, 2.24) is 0 Å². The summed E-state index contributed by atoms with van der Waals surface area (Å²) >= 11 is 1.81. The summed E-state index contributed by atoms with van der Waals surface area (Å²) in [7, 11) is 0. The van der Waals surface area contributed by atoms with E-state index in [1.807, 2.05) is 18.7 Å². The van der Waals surface area contributed by atoms with Gasteiger partial charge in [-0.05, 0) is 20.3 Å². The lowest BCUT2D eigenvalue weighted by Crippen LogP contribution is -2.43. The molecule has 0 bridgehead atoms. The van der Waals surface area contributed by atoms with Gasteiger partial charge in [0.05, 0.1) is 12.7 Å². The lowest BCUT2D eigenvalue weighted by molar-refractivity contribution is 0.127. The van der Waals surface area contributed by atoms with Crippen LogP contribution >= 0.6 is 11.8 Å². The van der Waals surface area contributed by atoms with Crippen molar-refractivity contribution in [3.63, 3.8) is 0 Å². The molecule has 0 spiro atoms. The fraction of sp³-hybridized carbons (Fsp3) is 1.00. The molecule has 13 heavy (non-hydrogen) atoms. The molecule has 1 saturated heterocycles. The molecule has 1 rings (SSSR count). The number of thioether (sulfide) groups is 1. The van der Waals surface area contributed by atoms with Crippen LogP contribution in [0.4, 0.5) is 0 Å². The average Bonchev–Trinajstić information content (AvgIpc) is 2.48. The van der Waals surface area contributed by atoms with Gasteiger partial charge in [-0.3, -0.25) is 0 Å². The summed E-state index contributed by atoms with van der Waals surface area (Å²) in [5.41, 5.74) is 5.38. The molecule has 0 amide bonds. The molecule has 4 heteroatoms. The summed E-state index contributed by atoms with van der Waals surface area (Å²) in [4.78, 5) is 0. The Kier molecular flexibility index (Phi) is 4.04. The van der Waals surface area contributed by atoms with Crippen molar-refractivity contribution in [2.24, 2.45) is 5.73 Å². The molecule has 0 aliphatic carbocycles. The average molecular weight is 205 g/mol. The van der Waals surface area contributed by atoms with Crippen molar-refractivity contribution in [1.29, 1.82) is 0 Å². The summed E-state index contributed by atoms with van der Waals surface area (Å²) < 4.78 is 5.44. The highest BCUT2D eigenvalue weighted by atomic mass is 32.2. The van der Waals surface area contributed by atoms with Crippen molar-refractivity contribution in [2.75, 3.05) is 19.0 Å². The third-order valence-electron chi connectivity index (χ3n) is 2.30. The minimum atomic E-state index is -0.451. The highest BCUT2D eigenvalue weighted by Gasteiger charge is 2.27. The van der Waals surface area contributed by atoms with Gasteiger partial charge in [0.2, 0.25) is 0 Å². The van der Waals surface area contributed by atoms with Crippen molar-refractivity contribution in [3.05, 3.63) is 0 Å². The van der Waals surface area contributed by atoms with Crippen molar-refractivity contribution >= 4 is 11.8 Å². The molecule has 1 fully saturated rings. The first-order valence-electron chi connectivity index (χ1n) is 4.68. The molecular weight excluding hydrogens is 186 g/mol. The fourth-order valence-corrected chi connectivity index (χ4v) is 2.57. The Morgan fingerprint density at radius 3 is 2.85 bits per heavy atom. The van der Waals surface area contributed by atoms with Gasteiger partial charge in [-0.1, -0.05) is 0 Å². The maximum Gasteiger partial charge on any atom is 0.0666 e. The number of rotatable bonds is 4. The third-order valence-corrected chi connectivity index (χ3v) is 4.17. The quantitative estimate of drug-likeness (QED) is 0.706. The van der Waals surface area contributed by atoms with Gasteiger partial charge in [-0.25, -0.2) is 0 Å². The van der Waals surface area contributed by atoms with E-state index in [4.69, 9.17) is 15.6 Å². The number of aliphatic hydroxyl groups excluding tert-OH is 1. The van der Waals surface area contributed by atoms with Gasteiger partial charge >= 0.3 is 0 Å². The predicted molar refractivity (Wildman–Crippen MR) is 56.0 cm³/mol. The summed E-state index contributed by atoms with van der Waals surface area (Å²) in [5.74, 6) is 0.794. The first kappa shape index (κ1) is 11.3. The van der Waals surface area contributed by atoms with Crippen LogP contribution in [0.5, 0.6) is 0 Å². The lowest BCUT2D eigenvalue weighted by atomic mass is 10.1. The Labute approximate surface area is 84.0 Å². The van der Waals surface area contributed by atoms with E-state index in [1.54, 1.807) is 0 Å². The first-order chi connectivity index (χ1) is 6.05. The van der Waals surface area contributed by atoms with E-state index in [-0.39, 0.29) is 6.61 Å². The van der Waals surface area contributed by atoms with Gasteiger partial charge in [-0.15, -0.1) is 0 Å². The van der Waals surface area contributed by atoms with Crippen LogP contribution in [0.1, 0.15) is 20.3 Å². The zero-order chi connectivity index (χ0) is 9.90. The van der Waals surface area contributed by atoms with Gasteiger partial charge in [0.15, 0.2) is 0 Å². The predicted octanol–water partition coefficient (Wildman–Crippen LogP) is 0.607. The van der Waals surface area contributed by atoms with Crippen molar-refractivity contribution in [3.8, 4) is 0 Å². The highest BCUT2D eigenvalue weighted by molar-refractivity contribution is 8.00. The molecule has 1 aliphatic rings. The van der Waals surface area contributed by atoms with E-state index in [0.29, 0.717) is 11.4 Å².